The Morgan fingerprint density at radius 1 is 1.60 bits per heavy atom. The molecule has 0 radical (unpaired) electrons. The van der Waals surface area contributed by atoms with Crippen LogP contribution in [0.3, 0.4) is 0 Å². The maximum Gasteiger partial charge on any atom is 0.255 e. The van der Waals surface area contributed by atoms with Gasteiger partial charge in [-0.25, -0.2) is 0 Å². The first-order chi connectivity index (χ1) is 9.11. The Kier molecular flexibility index (Phi) is 6.39. The summed E-state index contributed by atoms with van der Waals surface area (Å²) >= 11 is 5.94. The largest absolute Gasteiger partial charge is 0.496 e. The third kappa shape index (κ3) is 3.91. The highest BCUT2D eigenvalue weighted by Crippen LogP contribution is 2.28. The number of carbonyl (C=O) groups is 1. The molecule has 1 amide bonds. The van der Waals surface area contributed by atoms with Gasteiger partial charge in [0.15, 0.2) is 0 Å². The van der Waals surface area contributed by atoms with Crippen molar-refractivity contribution in [3.05, 3.63) is 22.7 Å². The van der Waals surface area contributed by atoms with Crippen molar-refractivity contribution in [3.8, 4) is 5.75 Å². The average molecular weight is 320 g/mol. The molecule has 112 valence electrons. The summed E-state index contributed by atoms with van der Waals surface area (Å²) in [5.41, 5.74) is 6.48. The molecule has 2 rings (SSSR count). The molecule has 1 saturated heterocycles. The van der Waals surface area contributed by atoms with Crippen LogP contribution in [0.1, 0.15) is 23.2 Å². The molecule has 1 aliphatic rings. The molecule has 5 nitrogen and oxygen atoms in total. The van der Waals surface area contributed by atoms with Crippen LogP contribution in [0.5, 0.6) is 5.75 Å². The van der Waals surface area contributed by atoms with Crippen molar-refractivity contribution in [2.45, 2.75) is 18.9 Å². The molecule has 1 aromatic rings. The first kappa shape index (κ1) is 16.9. The number of benzene rings is 1. The maximum atomic E-state index is 12.1. The van der Waals surface area contributed by atoms with Crippen molar-refractivity contribution in [2.75, 3.05) is 25.9 Å². The van der Waals surface area contributed by atoms with E-state index in [2.05, 4.69) is 10.6 Å². The molecule has 1 fully saturated rings. The molecule has 1 aromatic carbocycles. The summed E-state index contributed by atoms with van der Waals surface area (Å²) in [6.45, 7) is 1.61. The highest BCUT2D eigenvalue weighted by Gasteiger charge is 2.18. The third-order valence-electron chi connectivity index (χ3n) is 3.23. The normalized spacial score (nSPS) is 17.4. The third-order valence-corrected chi connectivity index (χ3v) is 3.56. The molecule has 1 unspecified atom stereocenters. The van der Waals surface area contributed by atoms with E-state index in [-0.39, 0.29) is 18.3 Å². The molecule has 1 atom stereocenters. The number of amides is 1. The molecule has 4 N–H and O–H groups in total. The molecule has 0 spiro atoms. The van der Waals surface area contributed by atoms with E-state index in [1.807, 2.05) is 0 Å². The smallest absolute Gasteiger partial charge is 0.255 e. The van der Waals surface area contributed by atoms with Crippen LogP contribution >= 0.6 is 24.0 Å². The summed E-state index contributed by atoms with van der Waals surface area (Å²) in [7, 11) is 1.50. The fourth-order valence-corrected chi connectivity index (χ4v) is 2.32. The van der Waals surface area contributed by atoms with Gasteiger partial charge in [-0.3, -0.25) is 4.79 Å². The van der Waals surface area contributed by atoms with E-state index in [1.54, 1.807) is 6.07 Å². The molecule has 0 saturated carbocycles. The van der Waals surface area contributed by atoms with Crippen molar-refractivity contribution >= 4 is 35.6 Å². The molecule has 1 heterocycles. The molecular formula is C13H19Cl2N3O2. The van der Waals surface area contributed by atoms with Crippen LogP contribution in [0.2, 0.25) is 5.02 Å². The number of hydrogen-bond donors (Lipinski definition) is 3. The Bertz CT molecular complexity index is 477. The number of nitrogen functional groups attached to an aromatic ring is 1. The Labute approximate surface area is 129 Å². The Hall–Kier alpha value is -1.17. The molecule has 0 bridgehead atoms. The van der Waals surface area contributed by atoms with E-state index in [4.69, 9.17) is 22.1 Å². The molecule has 0 aliphatic carbocycles. The Morgan fingerprint density at radius 2 is 2.35 bits per heavy atom. The van der Waals surface area contributed by atoms with Crippen molar-refractivity contribution in [1.82, 2.24) is 10.6 Å². The highest BCUT2D eigenvalue weighted by molar-refractivity contribution is 6.33. The maximum absolute atomic E-state index is 12.1. The van der Waals surface area contributed by atoms with Crippen molar-refractivity contribution < 1.29 is 9.53 Å². The topological polar surface area (TPSA) is 76.4 Å². The van der Waals surface area contributed by atoms with Gasteiger partial charge >= 0.3 is 0 Å². The van der Waals surface area contributed by atoms with Crippen molar-refractivity contribution in [2.24, 2.45) is 0 Å². The first-order valence-corrected chi connectivity index (χ1v) is 6.64. The second kappa shape index (κ2) is 7.57. The summed E-state index contributed by atoms with van der Waals surface area (Å²) in [6.07, 6.45) is 2.23. The quantitative estimate of drug-likeness (QED) is 0.740. The molecule has 7 heteroatoms. The van der Waals surface area contributed by atoms with E-state index in [1.165, 1.54) is 13.2 Å². The zero-order chi connectivity index (χ0) is 13.8. The molecule has 1 aliphatic heterocycles. The van der Waals surface area contributed by atoms with Crippen LogP contribution in [0.15, 0.2) is 12.1 Å². The lowest BCUT2D eigenvalue weighted by atomic mass is 10.1. The zero-order valence-electron chi connectivity index (χ0n) is 11.2. The monoisotopic (exact) mass is 319 g/mol. The average Bonchev–Trinajstić information content (AvgIpc) is 2.91. The van der Waals surface area contributed by atoms with E-state index < -0.39 is 0 Å². The fraction of sp³-hybridized carbons (Fsp3) is 0.462. The van der Waals surface area contributed by atoms with Gasteiger partial charge in [0.25, 0.3) is 5.91 Å². The summed E-state index contributed by atoms with van der Waals surface area (Å²) in [4.78, 5) is 12.1. The van der Waals surface area contributed by atoms with E-state index in [0.29, 0.717) is 34.6 Å². The first-order valence-electron chi connectivity index (χ1n) is 6.26. The number of nitrogens with two attached hydrogens (primary N) is 1. The second-order valence-corrected chi connectivity index (χ2v) is 4.98. The number of carbonyl (C=O) groups excluding carboxylic acids is 1. The molecule has 20 heavy (non-hydrogen) atoms. The van der Waals surface area contributed by atoms with Crippen LogP contribution in [-0.2, 0) is 0 Å². The number of anilines is 1. The molecular weight excluding hydrogens is 301 g/mol. The second-order valence-electron chi connectivity index (χ2n) is 4.58. The number of rotatable bonds is 4. The van der Waals surface area contributed by atoms with Gasteiger partial charge in [0, 0.05) is 18.7 Å². The summed E-state index contributed by atoms with van der Waals surface area (Å²) < 4.78 is 5.16. The number of ether oxygens (including phenoxy) is 1. The summed E-state index contributed by atoms with van der Waals surface area (Å²) in [5.74, 6) is 0.228. The SMILES string of the molecule is COc1cc(N)c(Cl)cc1C(=O)NCC1CCCN1.Cl. The Balaban J connectivity index is 0.00000200. The van der Waals surface area contributed by atoms with Crippen LogP contribution in [0.25, 0.3) is 0 Å². The van der Waals surface area contributed by atoms with Crippen molar-refractivity contribution in [3.63, 3.8) is 0 Å². The number of nitrogens with one attached hydrogen (secondary N) is 2. The van der Waals surface area contributed by atoms with Gasteiger partial charge in [0.05, 0.1) is 23.4 Å². The van der Waals surface area contributed by atoms with E-state index in [9.17, 15) is 4.79 Å². The van der Waals surface area contributed by atoms with Gasteiger partial charge < -0.3 is 21.1 Å². The predicted octanol–water partition coefficient (Wildman–Crippen LogP) is 1.83. The van der Waals surface area contributed by atoms with Gasteiger partial charge in [-0.05, 0) is 25.5 Å². The van der Waals surface area contributed by atoms with Crippen LogP contribution < -0.4 is 21.1 Å². The lowest BCUT2D eigenvalue weighted by Gasteiger charge is -2.14. The van der Waals surface area contributed by atoms with Gasteiger partial charge in [-0.1, -0.05) is 11.6 Å². The van der Waals surface area contributed by atoms with E-state index >= 15 is 0 Å². The van der Waals surface area contributed by atoms with Crippen LogP contribution in [-0.4, -0.2) is 32.1 Å². The lowest BCUT2D eigenvalue weighted by molar-refractivity contribution is 0.0947. The minimum absolute atomic E-state index is 0. The highest BCUT2D eigenvalue weighted by atomic mass is 35.5. The van der Waals surface area contributed by atoms with Gasteiger partial charge in [-0.15, -0.1) is 12.4 Å². The predicted molar refractivity (Wildman–Crippen MR) is 83.0 cm³/mol. The van der Waals surface area contributed by atoms with Crippen LogP contribution in [0.4, 0.5) is 5.69 Å². The van der Waals surface area contributed by atoms with Gasteiger partial charge in [-0.2, -0.15) is 0 Å². The number of halogens is 2. The minimum Gasteiger partial charge on any atom is -0.496 e. The van der Waals surface area contributed by atoms with Gasteiger partial charge in [0.1, 0.15) is 5.75 Å². The van der Waals surface area contributed by atoms with Gasteiger partial charge in [0.2, 0.25) is 0 Å². The summed E-state index contributed by atoms with van der Waals surface area (Å²) in [5, 5.41) is 6.55. The number of methoxy groups -OCH3 is 1. The minimum atomic E-state index is -0.201. The van der Waals surface area contributed by atoms with Crippen molar-refractivity contribution in [1.29, 1.82) is 0 Å². The standard InChI is InChI=1S/C13H18ClN3O2.ClH/c1-19-12-6-11(15)10(14)5-9(12)13(18)17-7-8-3-2-4-16-8;/h5-6,8,16H,2-4,7,15H2,1H3,(H,17,18);1H. The lowest BCUT2D eigenvalue weighted by Crippen LogP contribution is -2.37. The summed E-state index contributed by atoms with van der Waals surface area (Å²) in [6, 6.07) is 3.44. The fourth-order valence-electron chi connectivity index (χ4n) is 2.16. The van der Waals surface area contributed by atoms with Crippen LogP contribution in [0, 0.1) is 0 Å². The number of hydrogen-bond acceptors (Lipinski definition) is 4. The molecule has 0 aromatic heterocycles. The zero-order valence-corrected chi connectivity index (χ0v) is 12.8. The Morgan fingerprint density at radius 3 is 2.95 bits per heavy atom. The van der Waals surface area contributed by atoms with E-state index in [0.717, 1.165) is 19.4 Å².